The van der Waals surface area contributed by atoms with Gasteiger partial charge < -0.3 is 9.88 Å². The van der Waals surface area contributed by atoms with Gasteiger partial charge in [0.2, 0.25) is 10.0 Å². The van der Waals surface area contributed by atoms with Crippen molar-refractivity contribution < 1.29 is 8.42 Å². The van der Waals surface area contributed by atoms with E-state index in [1.165, 1.54) is 0 Å². The highest BCUT2D eigenvalue weighted by atomic mass is 32.2. The van der Waals surface area contributed by atoms with Crippen molar-refractivity contribution >= 4 is 28.4 Å². The highest BCUT2D eigenvalue weighted by molar-refractivity contribution is 7.89. The second kappa shape index (κ2) is 8.62. The summed E-state index contributed by atoms with van der Waals surface area (Å²) in [5, 5.41) is 0. The fourth-order valence-corrected chi connectivity index (χ4v) is 4.87. The number of aromatic amines is 1. The van der Waals surface area contributed by atoms with Crippen LogP contribution in [-0.4, -0.2) is 62.8 Å². The predicted octanol–water partition coefficient (Wildman–Crippen LogP) is 2.30. The number of nitrogens with one attached hydrogen (secondary N) is 2. The van der Waals surface area contributed by atoms with Crippen LogP contribution >= 0.6 is 0 Å². The zero-order valence-electron chi connectivity index (χ0n) is 15.3. The van der Waals surface area contributed by atoms with E-state index >= 15 is 0 Å². The summed E-state index contributed by atoms with van der Waals surface area (Å²) in [5.41, 5.74) is 0.936. The Labute approximate surface area is 150 Å². The van der Waals surface area contributed by atoms with Crippen molar-refractivity contribution in [2.75, 3.05) is 19.8 Å². The molecule has 2 rings (SSSR count). The van der Waals surface area contributed by atoms with Crippen molar-refractivity contribution in [3.8, 4) is 0 Å². The molecule has 140 valence electrons. The molecular weight excluding hydrogens is 338 g/mol. The Morgan fingerprint density at radius 3 is 2.64 bits per heavy atom. The van der Waals surface area contributed by atoms with Crippen molar-refractivity contribution in [1.29, 1.82) is 0 Å². The lowest BCUT2D eigenvalue weighted by molar-refractivity contribution is 0.254. The molecule has 0 aromatic carbocycles. The molecule has 0 spiro atoms. The number of hydrogen-bond donors (Lipinski definition) is 2. The molecule has 0 saturated heterocycles. The van der Waals surface area contributed by atoms with Gasteiger partial charge in [-0.1, -0.05) is 6.92 Å². The van der Waals surface area contributed by atoms with E-state index in [2.05, 4.69) is 31.3 Å². The first kappa shape index (κ1) is 19.7. The summed E-state index contributed by atoms with van der Waals surface area (Å²) < 4.78 is 26.7. The number of hydrogen-bond acceptors (Lipinski definition) is 4. The SMILES string of the molecule is C=Nc1[nH]ccc1/C(=N\C)N(C)C1CCC(NS(=O)(=O)CCC)CC1. The van der Waals surface area contributed by atoms with Crippen molar-refractivity contribution in [3.63, 3.8) is 0 Å². The standard InChI is InChI=1S/C17H29N5O2S/c1-5-12-25(23,24)21-13-6-8-14(9-7-13)22(4)17(19-3)15-10-11-20-16(15)18-2/h10-11,13-14,20-21H,2,5-9,12H2,1,3-4H3/b19-17+. The second-order valence-electron chi connectivity index (χ2n) is 6.50. The van der Waals surface area contributed by atoms with Gasteiger partial charge in [0.15, 0.2) is 0 Å². The predicted molar refractivity (Wildman–Crippen MR) is 103 cm³/mol. The molecule has 8 heteroatoms. The van der Waals surface area contributed by atoms with Gasteiger partial charge in [-0.25, -0.2) is 18.1 Å². The summed E-state index contributed by atoms with van der Waals surface area (Å²) in [4.78, 5) is 13.7. The molecule has 0 atom stereocenters. The molecule has 7 nitrogen and oxygen atoms in total. The normalized spacial score (nSPS) is 22.0. The van der Waals surface area contributed by atoms with Gasteiger partial charge in [-0.3, -0.25) is 4.99 Å². The van der Waals surface area contributed by atoms with Gasteiger partial charge in [-0.15, -0.1) is 0 Å². The molecule has 0 aliphatic heterocycles. The third-order valence-corrected chi connectivity index (χ3v) is 6.37. The van der Waals surface area contributed by atoms with Gasteiger partial charge in [0.25, 0.3) is 0 Å². The van der Waals surface area contributed by atoms with Crippen LogP contribution in [0.5, 0.6) is 0 Å². The molecule has 2 N–H and O–H groups in total. The Morgan fingerprint density at radius 1 is 1.40 bits per heavy atom. The third-order valence-electron chi connectivity index (χ3n) is 4.73. The monoisotopic (exact) mass is 367 g/mol. The average Bonchev–Trinajstić information content (AvgIpc) is 3.04. The van der Waals surface area contributed by atoms with Crippen LogP contribution < -0.4 is 4.72 Å². The molecule has 1 heterocycles. The maximum atomic E-state index is 11.9. The van der Waals surface area contributed by atoms with E-state index in [9.17, 15) is 8.42 Å². The van der Waals surface area contributed by atoms with E-state index in [-0.39, 0.29) is 11.8 Å². The fraction of sp³-hybridized carbons (Fsp3) is 0.647. The smallest absolute Gasteiger partial charge is 0.211 e. The summed E-state index contributed by atoms with van der Waals surface area (Å²) in [6.07, 6.45) is 6.01. The van der Waals surface area contributed by atoms with Crippen molar-refractivity contribution in [3.05, 3.63) is 17.8 Å². The summed E-state index contributed by atoms with van der Waals surface area (Å²) in [5.74, 6) is 1.79. The minimum absolute atomic E-state index is 0.0425. The zero-order chi connectivity index (χ0) is 18.4. The second-order valence-corrected chi connectivity index (χ2v) is 8.37. The van der Waals surface area contributed by atoms with Crippen molar-refractivity contribution in [1.82, 2.24) is 14.6 Å². The summed E-state index contributed by atoms with van der Waals surface area (Å²) in [6.45, 7) is 5.47. The molecule has 0 amide bonds. The van der Waals surface area contributed by atoms with E-state index < -0.39 is 10.0 Å². The van der Waals surface area contributed by atoms with E-state index in [0.717, 1.165) is 37.1 Å². The summed E-state index contributed by atoms with van der Waals surface area (Å²) >= 11 is 0. The number of H-pyrrole nitrogens is 1. The quantitative estimate of drug-likeness (QED) is 0.572. The lowest BCUT2D eigenvalue weighted by Gasteiger charge is -2.36. The molecule has 0 radical (unpaired) electrons. The number of aliphatic imine (C=N–C) groups is 2. The Hall–Kier alpha value is -1.67. The van der Waals surface area contributed by atoms with Crippen molar-refractivity contribution in [2.24, 2.45) is 9.98 Å². The first-order chi connectivity index (χ1) is 11.9. The molecule has 0 bridgehead atoms. The fourth-order valence-electron chi connectivity index (χ4n) is 3.48. The number of sulfonamides is 1. The average molecular weight is 368 g/mol. The molecule has 0 unspecified atom stereocenters. The molecule has 1 saturated carbocycles. The van der Waals surface area contributed by atoms with Gasteiger partial charge in [0.1, 0.15) is 11.7 Å². The van der Waals surface area contributed by atoms with Gasteiger partial charge in [-0.2, -0.15) is 0 Å². The number of nitrogens with zero attached hydrogens (tertiary/aromatic N) is 3. The molecule has 1 aromatic rings. The number of aromatic nitrogens is 1. The molecule has 25 heavy (non-hydrogen) atoms. The van der Waals surface area contributed by atoms with E-state index in [0.29, 0.717) is 18.3 Å². The van der Waals surface area contributed by atoms with Crippen LogP contribution in [0.25, 0.3) is 0 Å². The lowest BCUT2D eigenvalue weighted by Crippen LogP contribution is -2.45. The topological polar surface area (TPSA) is 89.9 Å². The van der Waals surface area contributed by atoms with Crippen LogP contribution in [0.2, 0.25) is 0 Å². The van der Waals surface area contributed by atoms with Crippen LogP contribution in [0.3, 0.4) is 0 Å². The van der Waals surface area contributed by atoms with Crippen LogP contribution in [-0.2, 0) is 10.0 Å². The Bertz CT molecular complexity index is 702. The number of rotatable bonds is 7. The van der Waals surface area contributed by atoms with Gasteiger partial charge >= 0.3 is 0 Å². The molecule has 1 aliphatic carbocycles. The maximum Gasteiger partial charge on any atom is 0.211 e. The first-order valence-electron chi connectivity index (χ1n) is 8.76. The molecular formula is C17H29N5O2S. The minimum Gasteiger partial charge on any atom is -0.356 e. The van der Waals surface area contributed by atoms with Crippen LogP contribution in [0.1, 0.15) is 44.6 Å². The highest BCUT2D eigenvalue weighted by Crippen LogP contribution is 2.26. The van der Waals surface area contributed by atoms with Crippen molar-refractivity contribution in [2.45, 2.75) is 51.1 Å². The molecule has 1 aromatic heterocycles. The summed E-state index contributed by atoms with van der Waals surface area (Å²) in [6, 6.07) is 2.33. The zero-order valence-corrected chi connectivity index (χ0v) is 16.1. The molecule has 1 fully saturated rings. The summed E-state index contributed by atoms with van der Waals surface area (Å²) in [7, 11) is 0.665. The van der Waals surface area contributed by atoms with Gasteiger partial charge in [0, 0.05) is 32.4 Å². The third kappa shape index (κ3) is 4.92. The number of amidine groups is 1. The molecule has 1 aliphatic rings. The van der Waals surface area contributed by atoms with Gasteiger partial charge in [-0.05, 0) is 44.9 Å². The van der Waals surface area contributed by atoms with Gasteiger partial charge in [0.05, 0.1) is 11.3 Å². The largest absolute Gasteiger partial charge is 0.356 e. The van der Waals surface area contributed by atoms with E-state index in [4.69, 9.17) is 0 Å². The maximum absolute atomic E-state index is 11.9. The first-order valence-corrected chi connectivity index (χ1v) is 10.4. The van der Waals surface area contributed by atoms with Crippen LogP contribution in [0, 0.1) is 0 Å². The Kier molecular flexibility index (Phi) is 6.78. The van der Waals surface area contributed by atoms with Crippen LogP contribution in [0.15, 0.2) is 22.2 Å². The minimum atomic E-state index is -3.15. The Balaban J connectivity index is 1.99. The van der Waals surface area contributed by atoms with Crippen LogP contribution in [0.4, 0.5) is 5.82 Å². The Morgan fingerprint density at radius 2 is 2.08 bits per heavy atom. The van der Waals surface area contributed by atoms with E-state index in [1.807, 2.05) is 26.2 Å². The lowest BCUT2D eigenvalue weighted by atomic mass is 9.90. The highest BCUT2D eigenvalue weighted by Gasteiger charge is 2.28. The van der Waals surface area contributed by atoms with E-state index in [1.54, 1.807) is 7.05 Å².